The number of hydrogen-bond acceptors (Lipinski definition) is 2. The zero-order chi connectivity index (χ0) is 9.97. The standard InChI is InChI=1S/C10H6BrN3/c11-8-1-2-9(7(5-8)6-12)10-3-4-13-14-10/h1-5H,(H,13,14). The molecule has 0 saturated heterocycles. The minimum atomic E-state index is 0.617. The number of halogens is 1. The van der Waals surface area contributed by atoms with E-state index in [4.69, 9.17) is 5.26 Å². The molecule has 4 heteroatoms. The Bertz CT molecular complexity index is 483. The van der Waals surface area contributed by atoms with Crippen LogP contribution in [-0.4, -0.2) is 10.2 Å². The van der Waals surface area contributed by atoms with Gasteiger partial charge in [0.1, 0.15) is 0 Å². The van der Waals surface area contributed by atoms with Crippen LogP contribution in [0.1, 0.15) is 5.56 Å². The molecule has 1 aromatic carbocycles. The van der Waals surface area contributed by atoms with Crippen LogP contribution in [0.5, 0.6) is 0 Å². The lowest BCUT2D eigenvalue weighted by atomic mass is 10.1. The molecule has 1 N–H and O–H groups in total. The van der Waals surface area contributed by atoms with Gasteiger partial charge in [-0.3, -0.25) is 5.10 Å². The van der Waals surface area contributed by atoms with Crippen LogP contribution in [0.3, 0.4) is 0 Å². The van der Waals surface area contributed by atoms with E-state index < -0.39 is 0 Å². The molecule has 0 radical (unpaired) electrons. The second-order valence-electron chi connectivity index (χ2n) is 2.76. The van der Waals surface area contributed by atoms with Crippen LogP contribution in [0.25, 0.3) is 11.3 Å². The Hall–Kier alpha value is -1.60. The number of H-pyrrole nitrogens is 1. The molecule has 2 aromatic rings. The minimum Gasteiger partial charge on any atom is -0.285 e. The van der Waals surface area contributed by atoms with E-state index in [1.54, 1.807) is 12.3 Å². The summed E-state index contributed by atoms with van der Waals surface area (Å²) >= 11 is 3.32. The van der Waals surface area contributed by atoms with Crippen molar-refractivity contribution in [2.75, 3.05) is 0 Å². The highest BCUT2D eigenvalue weighted by atomic mass is 79.9. The van der Waals surface area contributed by atoms with Crippen LogP contribution in [0, 0.1) is 11.3 Å². The second-order valence-corrected chi connectivity index (χ2v) is 3.68. The van der Waals surface area contributed by atoms with Crippen LogP contribution in [-0.2, 0) is 0 Å². The summed E-state index contributed by atoms with van der Waals surface area (Å²) in [7, 11) is 0. The zero-order valence-electron chi connectivity index (χ0n) is 7.16. The summed E-state index contributed by atoms with van der Waals surface area (Å²) in [5.41, 5.74) is 2.25. The Morgan fingerprint density at radius 1 is 1.36 bits per heavy atom. The first-order chi connectivity index (χ1) is 6.81. The number of nitriles is 1. The van der Waals surface area contributed by atoms with Crippen LogP contribution < -0.4 is 0 Å². The van der Waals surface area contributed by atoms with Crippen molar-refractivity contribution in [3.63, 3.8) is 0 Å². The highest BCUT2D eigenvalue weighted by molar-refractivity contribution is 9.10. The molecule has 0 aliphatic rings. The van der Waals surface area contributed by atoms with Crippen molar-refractivity contribution in [1.82, 2.24) is 10.2 Å². The number of nitrogens with zero attached hydrogens (tertiary/aromatic N) is 2. The fourth-order valence-corrected chi connectivity index (χ4v) is 1.60. The molecular formula is C10H6BrN3. The van der Waals surface area contributed by atoms with Gasteiger partial charge in [0.25, 0.3) is 0 Å². The zero-order valence-corrected chi connectivity index (χ0v) is 8.75. The normalized spacial score (nSPS) is 9.71. The van der Waals surface area contributed by atoms with Gasteiger partial charge in [-0.25, -0.2) is 0 Å². The first-order valence-electron chi connectivity index (χ1n) is 4.01. The monoisotopic (exact) mass is 247 g/mol. The first kappa shape index (κ1) is 8.97. The summed E-state index contributed by atoms with van der Waals surface area (Å²) in [5.74, 6) is 0. The van der Waals surface area contributed by atoms with Gasteiger partial charge in [-0.2, -0.15) is 10.4 Å². The fourth-order valence-electron chi connectivity index (χ4n) is 1.24. The van der Waals surface area contributed by atoms with Crippen molar-refractivity contribution in [3.8, 4) is 17.3 Å². The number of nitrogens with one attached hydrogen (secondary N) is 1. The van der Waals surface area contributed by atoms with Crippen molar-refractivity contribution in [1.29, 1.82) is 5.26 Å². The Morgan fingerprint density at radius 3 is 2.86 bits per heavy atom. The molecule has 1 heterocycles. The predicted molar refractivity (Wildman–Crippen MR) is 56.4 cm³/mol. The Morgan fingerprint density at radius 2 is 2.21 bits per heavy atom. The maximum absolute atomic E-state index is 8.93. The molecule has 0 saturated carbocycles. The predicted octanol–water partition coefficient (Wildman–Crippen LogP) is 2.71. The van der Waals surface area contributed by atoms with E-state index in [0.717, 1.165) is 15.7 Å². The lowest BCUT2D eigenvalue weighted by molar-refractivity contribution is 1.09. The number of rotatable bonds is 1. The van der Waals surface area contributed by atoms with Gasteiger partial charge in [-0.15, -0.1) is 0 Å². The number of hydrogen-bond donors (Lipinski definition) is 1. The maximum Gasteiger partial charge on any atom is 0.0999 e. The van der Waals surface area contributed by atoms with Gasteiger partial charge >= 0.3 is 0 Å². The van der Waals surface area contributed by atoms with Gasteiger partial charge in [0, 0.05) is 16.2 Å². The van der Waals surface area contributed by atoms with Gasteiger partial charge < -0.3 is 0 Å². The summed E-state index contributed by atoms with van der Waals surface area (Å²) in [6.07, 6.45) is 1.73. The third kappa shape index (κ3) is 1.54. The number of benzene rings is 1. The summed E-state index contributed by atoms with van der Waals surface area (Å²) in [5, 5.41) is 15.7. The molecular weight excluding hydrogens is 242 g/mol. The lowest BCUT2D eigenvalue weighted by Crippen LogP contribution is -1.84. The average molecular weight is 248 g/mol. The molecule has 0 fully saturated rings. The van der Waals surface area contributed by atoms with Crippen molar-refractivity contribution in [3.05, 3.63) is 40.5 Å². The van der Waals surface area contributed by atoms with E-state index in [-0.39, 0.29) is 0 Å². The van der Waals surface area contributed by atoms with E-state index in [1.165, 1.54) is 0 Å². The molecule has 0 amide bonds. The fraction of sp³-hybridized carbons (Fsp3) is 0. The summed E-state index contributed by atoms with van der Waals surface area (Å²) in [6, 6.07) is 9.53. The molecule has 68 valence electrons. The molecule has 0 aliphatic carbocycles. The van der Waals surface area contributed by atoms with Crippen molar-refractivity contribution < 1.29 is 0 Å². The van der Waals surface area contributed by atoms with E-state index in [2.05, 4.69) is 32.2 Å². The first-order valence-corrected chi connectivity index (χ1v) is 4.80. The average Bonchev–Trinajstić information content (AvgIpc) is 2.70. The largest absolute Gasteiger partial charge is 0.285 e. The third-order valence-corrected chi connectivity index (χ3v) is 2.37. The van der Waals surface area contributed by atoms with Crippen molar-refractivity contribution >= 4 is 15.9 Å². The molecule has 0 aliphatic heterocycles. The van der Waals surface area contributed by atoms with Gasteiger partial charge in [-0.05, 0) is 18.2 Å². The van der Waals surface area contributed by atoms with E-state index in [0.29, 0.717) is 5.56 Å². The summed E-state index contributed by atoms with van der Waals surface area (Å²) < 4.78 is 0.897. The van der Waals surface area contributed by atoms with Crippen LogP contribution >= 0.6 is 15.9 Å². The molecule has 14 heavy (non-hydrogen) atoms. The molecule has 1 aromatic heterocycles. The van der Waals surface area contributed by atoms with E-state index in [1.807, 2.05) is 18.2 Å². The Kier molecular flexibility index (Phi) is 2.33. The molecule has 3 nitrogen and oxygen atoms in total. The van der Waals surface area contributed by atoms with Crippen LogP contribution in [0.15, 0.2) is 34.9 Å². The molecule has 2 rings (SSSR count). The van der Waals surface area contributed by atoms with Crippen molar-refractivity contribution in [2.24, 2.45) is 0 Å². The van der Waals surface area contributed by atoms with Crippen molar-refractivity contribution in [2.45, 2.75) is 0 Å². The van der Waals surface area contributed by atoms with Gasteiger partial charge in [0.05, 0.1) is 17.3 Å². The highest BCUT2D eigenvalue weighted by Crippen LogP contribution is 2.24. The molecule has 0 bridgehead atoms. The minimum absolute atomic E-state index is 0.617. The molecule has 0 atom stereocenters. The Labute approximate surface area is 89.5 Å². The number of aromatic nitrogens is 2. The van der Waals surface area contributed by atoms with Crippen LogP contribution in [0.4, 0.5) is 0 Å². The molecule has 0 spiro atoms. The van der Waals surface area contributed by atoms with E-state index in [9.17, 15) is 0 Å². The third-order valence-electron chi connectivity index (χ3n) is 1.88. The van der Waals surface area contributed by atoms with Gasteiger partial charge in [-0.1, -0.05) is 22.0 Å². The maximum atomic E-state index is 8.93. The van der Waals surface area contributed by atoms with E-state index >= 15 is 0 Å². The lowest BCUT2D eigenvalue weighted by Gasteiger charge is -1.99. The SMILES string of the molecule is N#Cc1cc(Br)ccc1-c1cc[nH]n1. The van der Waals surface area contributed by atoms with Gasteiger partial charge in [0.15, 0.2) is 0 Å². The highest BCUT2D eigenvalue weighted by Gasteiger charge is 2.06. The Balaban J connectivity index is 2.60. The smallest absolute Gasteiger partial charge is 0.0999 e. The summed E-state index contributed by atoms with van der Waals surface area (Å²) in [4.78, 5) is 0. The number of aromatic amines is 1. The quantitative estimate of drug-likeness (QED) is 0.843. The second kappa shape index (κ2) is 3.64. The van der Waals surface area contributed by atoms with Crippen LogP contribution in [0.2, 0.25) is 0 Å². The summed E-state index contributed by atoms with van der Waals surface area (Å²) in [6.45, 7) is 0. The topological polar surface area (TPSA) is 52.5 Å². The van der Waals surface area contributed by atoms with Gasteiger partial charge in [0.2, 0.25) is 0 Å². The molecule has 0 unspecified atom stereocenters.